The van der Waals surface area contributed by atoms with Gasteiger partial charge in [0.25, 0.3) is 0 Å². The summed E-state index contributed by atoms with van der Waals surface area (Å²) in [5.74, 6) is 1.50. The Labute approximate surface area is 127 Å². The number of fused-ring (bicyclic) bond motifs is 1. The highest BCUT2D eigenvalue weighted by atomic mass is 16.1. The molecule has 22 heavy (non-hydrogen) atoms. The van der Waals surface area contributed by atoms with Gasteiger partial charge in [0, 0.05) is 25.0 Å². The third-order valence-corrected chi connectivity index (χ3v) is 4.49. The van der Waals surface area contributed by atoms with E-state index in [4.69, 9.17) is 0 Å². The molecule has 2 aromatic heterocycles. The lowest BCUT2D eigenvalue weighted by Crippen LogP contribution is -2.36. The molecule has 1 aliphatic heterocycles. The molecular weight excluding hydrogens is 282 g/mol. The number of aromatic nitrogens is 6. The van der Waals surface area contributed by atoms with Gasteiger partial charge in [-0.25, -0.2) is 9.67 Å². The fourth-order valence-corrected chi connectivity index (χ4v) is 2.93. The Hall–Kier alpha value is -2.25. The van der Waals surface area contributed by atoms with Gasteiger partial charge in [-0.1, -0.05) is 0 Å². The molecule has 0 bridgehead atoms. The van der Waals surface area contributed by atoms with Gasteiger partial charge in [-0.15, -0.1) is 5.10 Å². The monoisotopic (exact) mass is 301 g/mol. The minimum atomic E-state index is -0.00513. The van der Waals surface area contributed by atoms with Crippen LogP contribution in [0.5, 0.6) is 0 Å². The molecule has 1 N–H and O–H groups in total. The molecule has 1 atom stereocenters. The summed E-state index contributed by atoms with van der Waals surface area (Å²) in [7, 11) is 0. The van der Waals surface area contributed by atoms with Crippen molar-refractivity contribution >= 4 is 5.91 Å². The highest BCUT2D eigenvalue weighted by molar-refractivity contribution is 5.78. The van der Waals surface area contributed by atoms with Crippen molar-refractivity contribution in [1.82, 2.24) is 35.1 Å². The molecule has 0 spiro atoms. The Kier molecular flexibility index (Phi) is 3.36. The predicted molar refractivity (Wildman–Crippen MR) is 76.4 cm³/mol. The van der Waals surface area contributed by atoms with Crippen LogP contribution in [0.25, 0.3) is 0 Å². The quantitative estimate of drug-likeness (QED) is 0.849. The maximum absolute atomic E-state index is 12.3. The van der Waals surface area contributed by atoms with E-state index in [1.165, 1.54) is 18.5 Å². The summed E-state index contributed by atoms with van der Waals surface area (Å²) in [6, 6.07) is 0. The number of aryl methyl sites for hydroxylation is 1. The molecule has 0 radical (unpaired) electrons. The molecule has 0 saturated heterocycles. The minimum Gasteiger partial charge on any atom is -0.348 e. The van der Waals surface area contributed by atoms with Crippen LogP contribution in [0.1, 0.15) is 30.8 Å². The molecular formula is C14H19N7O. The highest BCUT2D eigenvalue weighted by Crippen LogP contribution is 2.30. The topological polar surface area (TPSA) is 90.5 Å². The summed E-state index contributed by atoms with van der Waals surface area (Å²) in [5.41, 5.74) is 1.21. The van der Waals surface area contributed by atoms with Crippen molar-refractivity contribution < 1.29 is 4.79 Å². The minimum absolute atomic E-state index is 0.00513. The second-order valence-corrected chi connectivity index (χ2v) is 6.21. The van der Waals surface area contributed by atoms with E-state index in [1.54, 1.807) is 6.33 Å². The van der Waals surface area contributed by atoms with Gasteiger partial charge >= 0.3 is 0 Å². The van der Waals surface area contributed by atoms with Crippen molar-refractivity contribution in [1.29, 1.82) is 0 Å². The summed E-state index contributed by atoms with van der Waals surface area (Å²) in [5, 5.41) is 14.7. The average Bonchev–Trinajstić information content (AvgIpc) is 3.05. The summed E-state index contributed by atoms with van der Waals surface area (Å²) in [6.07, 6.45) is 7.94. The number of amides is 1. The van der Waals surface area contributed by atoms with E-state index >= 15 is 0 Å². The zero-order chi connectivity index (χ0) is 14.9. The van der Waals surface area contributed by atoms with E-state index in [9.17, 15) is 4.79 Å². The van der Waals surface area contributed by atoms with Gasteiger partial charge in [0.2, 0.25) is 5.91 Å². The number of hydrogen-bond acceptors (Lipinski definition) is 5. The number of nitrogens with one attached hydrogen (secondary N) is 1. The van der Waals surface area contributed by atoms with Gasteiger partial charge in [-0.3, -0.25) is 4.79 Å². The second-order valence-electron chi connectivity index (χ2n) is 6.21. The number of rotatable bonds is 5. The first-order chi connectivity index (χ1) is 10.8. The lowest BCUT2D eigenvalue weighted by Gasteiger charge is -2.23. The zero-order valence-corrected chi connectivity index (χ0v) is 12.4. The standard InChI is InChI=1S/C14H19N7O/c22-14(11-3-4-12-5-15-9-20(12)8-11)16-6-13-17-18-19-21(13)7-10-1-2-10/h5,9-11H,1-4,6-8H2,(H,16,22). The Morgan fingerprint density at radius 3 is 3.14 bits per heavy atom. The summed E-state index contributed by atoms with van der Waals surface area (Å²) >= 11 is 0. The molecule has 1 fully saturated rings. The molecule has 8 nitrogen and oxygen atoms in total. The number of tetrazole rings is 1. The van der Waals surface area contributed by atoms with Crippen LogP contribution in [0.3, 0.4) is 0 Å². The molecule has 2 aliphatic rings. The summed E-state index contributed by atoms with van der Waals surface area (Å²) in [4.78, 5) is 16.5. The van der Waals surface area contributed by atoms with Crippen LogP contribution in [0, 0.1) is 11.8 Å². The lowest BCUT2D eigenvalue weighted by atomic mass is 9.97. The number of nitrogens with zero attached hydrogens (tertiary/aromatic N) is 6. The first-order valence-corrected chi connectivity index (χ1v) is 7.81. The van der Waals surface area contributed by atoms with Gasteiger partial charge in [-0.2, -0.15) is 0 Å². The number of hydrogen-bond donors (Lipinski definition) is 1. The fraction of sp³-hybridized carbons (Fsp3) is 0.643. The van der Waals surface area contributed by atoms with E-state index in [0.717, 1.165) is 25.2 Å². The Bertz CT molecular complexity index is 672. The lowest BCUT2D eigenvalue weighted by molar-refractivity contribution is -0.126. The van der Waals surface area contributed by atoms with E-state index in [-0.39, 0.29) is 11.8 Å². The van der Waals surface area contributed by atoms with Crippen molar-refractivity contribution in [2.24, 2.45) is 11.8 Å². The van der Waals surface area contributed by atoms with Crippen LogP contribution in [-0.4, -0.2) is 35.7 Å². The van der Waals surface area contributed by atoms with Crippen LogP contribution < -0.4 is 5.32 Å². The molecule has 8 heteroatoms. The fourth-order valence-electron chi connectivity index (χ4n) is 2.93. The maximum Gasteiger partial charge on any atom is 0.225 e. The van der Waals surface area contributed by atoms with E-state index < -0.39 is 0 Å². The van der Waals surface area contributed by atoms with Gasteiger partial charge < -0.3 is 9.88 Å². The van der Waals surface area contributed by atoms with Gasteiger partial charge in [0.15, 0.2) is 5.82 Å². The third kappa shape index (κ3) is 2.72. The molecule has 1 unspecified atom stereocenters. The Balaban J connectivity index is 1.34. The maximum atomic E-state index is 12.3. The smallest absolute Gasteiger partial charge is 0.225 e. The summed E-state index contributed by atoms with van der Waals surface area (Å²) < 4.78 is 3.87. The predicted octanol–water partition coefficient (Wildman–Crippen LogP) is 0.158. The van der Waals surface area contributed by atoms with Crippen molar-refractivity contribution in [2.45, 2.75) is 45.3 Å². The van der Waals surface area contributed by atoms with Crippen LogP contribution >= 0.6 is 0 Å². The van der Waals surface area contributed by atoms with Crippen LogP contribution in [0.4, 0.5) is 0 Å². The number of carbonyl (C=O) groups excluding carboxylic acids is 1. The first kappa shape index (κ1) is 13.4. The van der Waals surface area contributed by atoms with Crippen LogP contribution in [0.15, 0.2) is 12.5 Å². The van der Waals surface area contributed by atoms with Crippen molar-refractivity contribution in [3.8, 4) is 0 Å². The Morgan fingerprint density at radius 1 is 1.36 bits per heavy atom. The number of carbonyl (C=O) groups is 1. The molecule has 116 valence electrons. The Morgan fingerprint density at radius 2 is 2.27 bits per heavy atom. The van der Waals surface area contributed by atoms with Crippen molar-refractivity contribution in [3.05, 3.63) is 24.0 Å². The van der Waals surface area contributed by atoms with Crippen LogP contribution in [-0.2, 0) is 30.8 Å². The van der Waals surface area contributed by atoms with Crippen LogP contribution in [0.2, 0.25) is 0 Å². The molecule has 4 rings (SSSR count). The van der Waals surface area contributed by atoms with Crippen molar-refractivity contribution in [2.75, 3.05) is 0 Å². The normalized spacial score (nSPS) is 20.6. The molecule has 1 aliphatic carbocycles. The molecule has 0 aromatic carbocycles. The number of imidazole rings is 1. The summed E-state index contributed by atoms with van der Waals surface area (Å²) in [6.45, 7) is 1.96. The highest BCUT2D eigenvalue weighted by Gasteiger charge is 2.26. The van der Waals surface area contributed by atoms with Gasteiger partial charge in [0.05, 0.1) is 18.8 Å². The van der Waals surface area contributed by atoms with E-state index in [0.29, 0.717) is 19.0 Å². The molecule has 1 saturated carbocycles. The van der Waals surface area contributed by atoms with E-state index in [2.05, 4.69) is 30.4 Å². The molecule has 1 amide bonds. The van der Waals surface area contributed by atoms with Gasteiger partial charge in [0.1, 0.15) is 0 Å². The second kappa shape index (κ2) is 5.51. The first-order valence-electron chi connectivity index (χ1n) is 7.81. The largest absolute Gasteiger partial charge is 0.348 e. The SMILES string of the molecule is O=C(NCc1nnnn1CC1CC1)C1CCc2cncn2C1. The average molecular weight is 301 g/mol. The van der Waals surface area contributed by atoms with Crippen molar-refractivity contribution in [3.63, 3.8) is 0 Å². The third-order valence-electron chi connectivity index (χ3n) is 4.49. The zero-order valence-electron chi connectivity index (χ0n) is 12.4. The molecule has 3 heterocycles. The molecule has 2 aromatic rings. The van der Waals surface area contributed by atoms with Gasteiger partial charge in [-0.05, 0) is 42.0 Å². The van der Waals surface area contributed by atoms with E-state index in [1.807, 2.05) is 10.9 Å².